The van der Waals surface area contributed by atoms with Gasteiger partial charge in [-0.2, -0.15) is 5.26 Å². The number of aliphatic hydroxyl groups is 3. The third kappa shape index (κ3) is 4.96. The highest BCUT2D eigenvalue weighted by molar-refractivity contribution is 6.32. The number of nitrogens with zero attached hydrogens (tertiary/aromatic N) is 2. The first-order chi connectivity index (χ1) is 21.9. The van der Waals surface area contributed by atoms with Crippen molar-refractivity contribution in [2.24, 2.45) is 0 Å². The molecule has 2 aromatic rings. The summed E-state index contributed by atoms with van der Waals surface area (Å²) in [6.45, 7) is 1.49. The Bertz CT molecular complexity index is 1650. The van der Waals surface area contributed by atoms with Gasteiger partial charge in [0.1, 0.15) is 35.5 Å². The van der Waals surface area contributed by atoms with Crippen LogP contribution in [-0.2, 0) is 25.4 Å². The lowest BCUT2D eigenvalue weighted by Gasteiger charge is -2.47. The van der Waals surface area contributed by atoms with Gasteiger partial charge in [0.15, 0.2) is 17.9 Å². The maximum Gasteiger partial charge on any atom is 0.198 e. The molecule has 2 aliphatic heterocycles. The Hall–Kier alpha value is -3.94. The fourth-order valence-electron chi connectivity index (χ4n) is 7.19. The number of phenolic OH excluding ortho intramolecular Hbond substituents is 2. The number of methoxy groups -OCH3 is 1. The number of aromatic hydroxyl groups is 2. The van der Waals surface area contributed by atoms with Crippen LogP contribution < -0.4 is 4.74 Å². The van der Waals surface area contributed by atoms with E-state index in [9.17, 15) is 40.4 Å². The number of nitriles is 1. The molecule has 0 saturated carbocycles. The van der Waals surface area contributed by atoms with Crippen LogP contribution in [0.15, 0.2) is 18.2 Å². The molecule has 2 saturated heterocycles. The normalized spacial score (nSPS) is 31.0. The molecule has 2 fully saturated rings. The van der Waals surface area contributed by atoms with E-state index in [1.807, 2.05) is 4.90 Å². The Kier molecular flexibility index (Phi) is 8.36. The number of morpholine rings is 1. The molecule has 0 amide bonds. The maximum atomic E-state index is 13.7. The molecule has 1 unspecified atom stereocenters. The number of hydrogen-bond acceptors (Lipinski definition) is 14. The van der Waals surface area contributed by atoms with Gasteiger partial charge in [-0.1, -0.05) is 12.1 Å². The fourth-order valence-corrected chi connectivity index (χ4v) is 7.19. The number of fused-ring (bicyclic) bond motifs is 3. The number of ether oxygens (including phenoxy) is 4. The smallest absolute Gasteiger partial charge is 0.198 e. The molecule has 2 heterocycles. The lowest BCUT2D eigenvalue weighted by atomic mass is 9.71. The van der Waals surface area contributed by atoms with E-state index < -0.39 is 84.8 Å². The molecular formula is C32H35N3O11. The minimum Gasteiger partial charge on any atom is -0.507 e. The molecule has 6 rings (SSSR count). The molecule has 6 N–H and O–H groups in total. The Morgan fingerprint density at radius 2 is 2.00 bits per heavy atom. The summed E-state index contributed by atoms with van der Waals surface area (Å²) in [6, 6.07) is 5.54. The summed E-state index contributed by atoms with van der Waals surface area (Å²) < 4.78 is 23.1. The van der Waals surface area contributed by atoms with Gasteiger partial charge in [0.25, 0.3) is 0 Å². The highest BCUT2D eigenvalue weighted by Gasteiger charge is 2.50. The van der Waals surface area contributed by atoms with E-state index in [0.717, 1.165) is 0 Å². The second-order valence-electron chi connectivity index (χ2n) is 12.1. The number of phenols is 2. The number of Topliss-reactive ketones (excluding diaryl/α,β-unsaturated/α-hetero) is 1. The molecule has 14 heteroatoms. The predicted octanol–water partition coefficient (Wildman–Crippen LogP) is 0.452. The van der Waals surface area contributed by atoms with Gasteiger partial charge < -0.3 is 44.5 Å². The van der Waals surface area contributed by atoms with Gasteiger partial charge in [-0.15, -0.1) is 0 Å². The van der Waals surface area contributed by atoms with Crippen molar-refractivity contribution in [1.82, 2.24) is 4.90 Å². The van der Waals surface area contributed by atoms with Gasteiger partial charge in [0, 0.05) is 48.5 Å². The van der Waals surface area contributed by atoms with Crippen LogP contribution in [-0.4, -0.2) is 117 Å². The van der Waals surface area contributed by atoms with Gasteiger partial charge >= 0.3 is 0 Å². The van der Waals surface area contributed by atoms with Gasteiger partial charge in [0.2, 0.25) is 0 Å². The molecule has 2 aliphatic carbocycles. The molecule has 2 aromatic carbocycles. The number of hydrogen-bond donors (Lipinski definition) is 6. The summed E-state index contributed by atoms with van der Waals surface area (Å²) >= 11 is 0. The number of benzene rings is 2. The number of ketones is 2. The second kappa shape index (κ2) is 12.0. The topological polar surface area (TPSA) is 223 Å². The first-order valence-electron chi connectivity index (χ1n) is 15.0. The van der Waals surface area contributed by atoms with Gasteiger partial charge in [-0.25, -0.2) is 0 Å². The van der Waals surface area contributed by atoms with Crippen molar-refractivity contribution in [2.75, 3.05) is 33.5 Å². The minimum atomic E-state index is -2.26. The SMILES string of the molecule is COc1cccc2c1C(=N)c1c(O)c3c(c(O)c1C2=O)C[C@@](O)(C(=O)CO)C[C@@H]3O[C@H]1C[C@@H](N2CCOCC2C#N)[C@H](O)[C@H](C)O1. The highest BCUT2D eigenvalue weighted by atomic mass is 16.7. The molecule has 0 spiro atoms. The number of carbonyl (C=O) groups excluding carboxylic acids is 2. The van der Waals surface area contributed by atoms with Crippen LogP contribution in [0.4, 0.5) is 0 Å². The van der Waals surface area contributed by atoms with Crippen molar-refractivity contribution in [3.63, 3.8) is 0 Å². The quantitative estimate of drug-likeness (QED) is 0.202. The van der Waals surface area contributed by atoms with Crippen molar-refractivity contribution < 1.29 is 54.1 Å². The first-order valence-corrected chi connectivity index (χ1v) is 15.0. The standard InChI is InChI=1S/C32H35N3O11/c1-14-28(38)18(35-6-7-44-13-15(35)11-33)8-22(45-14)46-20-10-32(42,21(37)12-36)9-17-24(20)31(41)25-26(30(17)40)29(39)16-4-3-5-19(43-2)23(16)27(25)34/h3-5,14-15,18,20,22,28,34,36,38,40-42H,6-10,12-13H2,1-2H3/t14-,15?,18+,20-,22-,28+,32-/m0/s1. The monoisotopic (exact) mass is 637 g/mol. The number of rotatable bonds is 6. The zero-order valence-electron chi connectivity index (χ0n) is 25.2. The lowest BCUT2D eigenvalue weighted by Crippen LogP contribution is -2.60. The van der Waals surface area contributed by atoms with Crippen molar-refractivity contribution in [2.45, 2.75) is 68.5 Å². The Morgan fingerprint density at radius 1 is 1.24 bits per heavy atom. The van der Waals surface area contributed by atoms with Crippen molar-refractivity contribution >= 4 is 17.3 Å². The summed E-state index contributed by atoms with van der Waals surface area (Å²) in [7, 11) is 1.38. The summed E-state index contributed by atoms with van der Waals surface area (Å²) in [5.41, 5.74) is -3.20. The summed E-state index contributed by atoms with van der Waals surface area (Å²) in [4.78, 5) is 28.4. The van der Waals surface area contributed by atoms with Crippen molar-refractivity contribution in [3.8, 4) is 23.3 Å². The fraction of sp³-hybridized carbons (Fsp3) is 0.500. The number of nitrogens with one attached hydrogen (secondary N) is 1. The predicted molar refractivity (Wildman–Crippen MR) is 157 cm³/mol. The molecule has 7 atom stereocenters. The zero-order chi connectivity index (χ0) is 33.1. The third-order valence-electron chi connectivity index (χ3n) is 9.52. The Morgan fingerprint density at radius 3 is 2.70 bits per heavy atom. The third-order valence-corrected chi connectivity index (χ3v) is 9.52. The van der Waals surface area contributed by atoms with Crippen LogP contribution in [0.5, 0.6) is 17.2 Å². The van der Waals surface area contributed by atoms with E-state index in [4.69, 9.17) is 24.4 Å². The highest BCUT2D eigenvalue weighted by Crippen LogP contribution is 2.52. The molecule has 244 valence electrons. The van der Waals surface area contributed by atoms with Crippen LogP contribution in [0.1, 0.15) is 64.0 Å². The largest absolute Gasteiger partial charge is 0.507 e. The molecule has 0 radical (unpaired) electrons. The Labute approximate surface area is 263 Å². The van der Waals surface area contributed by atoms with Crippen LogP contribution in [0.3, 0.4) is 0 Å². The van der Waals surface area contributed by atoms with E-state index in [1.54, 1.807) is 19.1 Å². The molecule has 4 aliphatic rings. The molecule has 14 nitrogen and oxygen atoms in total. The molecular weight excluding hydrogens is 602 g/mol. The number of aliphatic hydroxyl groups excluding tert-OH is 2. The summed E-state index contributed by atoms with van der Waals surface area (Å²) in [6.07, 6.45) is -5.16. The van der Waals surface area contributed by atoms with E-state index in [2.05, 4.69) is 6.07 Å². The van der Waals surface area contributed by atoms with E-state index in [1.165, 1.54) is 13.2 Å². The van der Waals surface area contributed by atoms with Crippen LogP contribution in [0.25, 0.3) is 0 Å². The van der Waals surface area contributed by atoms with Crippen molar-refractivity contribution in [3.05, 3.63) is 51.6 Å². The molecule has 0 bridgehead atoms. The minimum absolute atomic E-state index is 0.0530. The average molecular weight is 638 g/mol. The summed E-state index contributed by atoms with van der Waals surface area (Å²) in [5, 5.41) is 74.3. The van der Waals surface area contributed by atoms with Gasteiger partial charge in [-0.3, -0.25) is 19.9 Å². The number of carbonyl (C=O) groups is 2. The average Bonchev–Trinajstić information content (AvgIpc) is 3.05. The van der Waals surface area contributed by atoms with Crippen molar-refractivity contribution in [1.29, 1.82) is 10.7 Å². The van der Waals surface area contributed by atoms with Gasteiger partial charge in [0.05, 0.1) is 67.1 Å². The molecule has 46 heavy (non-hydrogen) atoms. The first kappa shape index (κ1) is 32.0. The Balaban J connectivity index is 1.44. The van der Waals surface area contributed by atoms with Gasteiger partial charge in [-0.05, 0) is 13.0 Å². The van der Waals surface area contributed by atoms with Crippen LogP contribution in [0.2, 0.25) is 0 Å². The maximum absolute atomic E-state index is 13.7. The lowest BCUT2D eigenvalue weighted by molar-refractivity contribution is -0.262. The van der Waals surface area contributed by atoms with E-state index >= 15 is 0 Å². The summed E-state index contributed by atoms with van der Waals surface area (Å²) in [5.74, 6) is -2.65. The second-order valence-corrected chi connectivity index (χ2v) is 12.1. The van der Waals surface area contributed by atoms with E-state index in [0.29, 0.717) is 13.2 Å². The zero-order valence-corrected chi connectivity index (χ0v) is 25.2. The molecule has 0 aromatic heterocycles. The van der Waals surface area contributed by atoms with Crippen LogP contribution >= 0.6 is 0 Å². The van der Waals surface area contributed by atoms with Crippen LogP contribution in [0, 0.1) is 16.7 Å². The van der Waals surface area contributed by atoms with E-state index in [-0.39, 0.29) is 57.9 Å².